The van der Waals surface area contributed by atoms with E-state index in [1.807, 2.05) is 6.92 Å². The molecular formula is C19H18BrNO6. The fourth-order valence-corrected chi connectivity index (χ4v) is 2.54. The molecule has 0 saturated heterocycles. The molecule has 8 heteroatoms. The van der Waals surface area contributed by atoms with Crippen LogP contribution >= 0.6 is 15.9 Å². The zero-order chi connectivity index (χ0) is 19.8. The van der Waals surface area contributed by atoms with E-state index < -0.39 is 23.3 Å². The molecule has 2 aromatic rings. The molecule has 0 unspecified atom stereocenters. The fraction of sp³-hybridized carbons (Fsp3) is 0.263. The minimum atomic E-state index is -0.682. The van der Waals surface area contributed by atoms with Gasteiger partial charge in [-0.3, -0.25) is 14.9 Å². The molecule has 0 N–H and O–H groups in total. The summed E-state index contributed by atoms with van der Waals surface area (Å²) in [6.45, 7) is 2.03. The number of Topliss-reactive ketones (excluding diaryl/α,β-unsaturated/α-hetero) is 1. The first kappa shape index (κ1) is 20.6. The Hall–Kier alpha value is -2.74. The molecule has 142 valence electrons. The summed E-state index contributed by atoms with van der Waals surface area (Å²) in [7, 11) is 0. The van der Waals surface area contributed by atoms with Gasteiger partial charge in [-0.05, 0) is 36.8 Å². The summed E-state index contributed by atoms with van der Waals surface area (Å²) in [6.07, 6.45) is 1.81. The van der Waals surface area contributed by atoms with Gasteiger partial charge in [-0.2, -0.15) is 0 Å². The SMILES string of the molecule is CCCCOc1ccc(Br)cc1C(=O)OCC(=O)c1ccc([N+](=O)[O-])cc1. The Bertz CT molecular complexity index is 835. The molecule has 0 aliphatic heterocycles. The van der Waals surface area contributed by atoms with Crippen LogP contribution in [0.2, 0.25) is 0 Å². The van der Waals surface area contributed by atoms with Crippen LogP contribution in [-0.4, -0.2) is 29.9 Å². The number of hydrogen-bond donors (Lipinski definition) is 0. The van der Waals surface area contributed by atoms with Crippen LogP contribution in [0.25, 0.3) is 0 Å². The Labute approximate surface area is 164 Å². The number of carbonyl (C=O) groups excluding carboxylic acids is 2. The van der Waals surface area contributed by atoms with Crippen molar-refractivity contribution in [2.75, 3.05) is 13.2 Å². The van der Waals surface area contributed by atoms with Crippen LogP contribution < -0.4 is 4.74 Å². The molecule has 0 atom stereocenters. The van der Waals surface area contributed by atoms with Gasteiger partial charge in [0.05, 0.1) is 11.5 Å². The third-order valence-corrected chi connectivity index (χ3v) is 4.14. The molecular weight excluding hydrogens is 418 g/mol. The first-order valence-corrected chi connectivity index (χ1v) is 9.08. The van der Waals surface area contributed by atoms with Crippen molar-refractivity contribution < 1.29 is 24.0 Å². The maximum atomic E-state index is 12.4. The van der Waals surface area contributed by atoms with Crippen molar-refractivity contribution in [3.63, 3.8) is 0 Å². The van der Waals surface area contributed by atoms with Gasteiger partial charge in [-0.15, -0.1) is 0 Å². The predicted octanol–water partition coefficient (Wildman–Crippen LogP) is 4.58. The molecule has 0 heterocycles. The van der Waals surface area contributed by atoms with Crippen molar-refractivity contribution in [3.8, 4) is 5.75 Å². The summed E-state index contributed by atoms with van der Waals surface area (Å²) in [4.78, 5) is 34.6. The van der Waals surface area contributed by atoms with Crippen LogP contribution in [0.5, 0.6) is 5.75 Å². The monoisotopic (exact) mass is 435 g/mol. The number of unbranched alkanes of at least 4 members (excludes halogenated alkanes) is 1. The van der Waals surface area contributed by atoms with E-state index in [1.165, 1.54) is 24.3 Å². The van der Waals surface area contributed by atoms with Gasteiger partial charge in [0.2, 0.25) is 0 Å². The standard InChI is InChI=1S/C19H18BrNO6/c1-2-3-10-26-18-9-6-14(20)11-16(18)19(23)27-12-17(22)13-4-7-15(8-5-13)21(24)25/h4-9,11H,2-3,10,12H2,1H3. The number of nitrogens with zero attached hydrogens (tertiary/aromatic N) is 1. The minimum Gasteiger partial charge on any atom is -0.493 e. The third-order valence-electron chi connectivity index (χ3n) is 3.65. The normalized spacial score (nSPS) is 10.3. The van der Waals surface area contributed by atoms with Crippen LogP contribution in [0, 0.1) is 10.1 Å². The summed E-state index contributed by atoms with van der Waals surface area (Å²) in [6, 6.07) is 10.1. The van der Waals surface area contributed by atoms with Crippen molar-refractivity contribution in [2.45, 2.75) is 19.8 Å². The number of benzene rings is 2. The number of non-ortho nitro benzene ring substituents is 1. The molecule has 0 saturated carbocycles. The molecule has 0 amide bonds. The number of carbonyl (C=O) groups is 2. The number of nitro groups is 1. The number of ether oxygens (including phenoxy) is 2. The predicted molar refractivity (Wildman–Crippen MR) is 102 cm³/mol. The smallest absolute Gasteiger partial charge is 0.342 e. The summed E-state index contributed by atoms with van der Waals surface area (Å²) in [5, 5.41) is 10.6. The molecule has 27 heavy (non-hydrogen) atoms. The highest BCUT2D eigenvalue weighted by Crippen LogP contribution is 2.24. The number of esters is 1. The van der Waals surface area contributed by atoms with Crippen molar-refractivity contribution in [2.24, 2.45) is 0 Å². The maximum absolute atomic E-state index is 12.4. The van der Waals surface area contributed by atoms with E-state index in [2.05, 4.69) is 15.9 Å². The van der Waals surface area contributed by atoms with Gasteiger partial charge in [-0.25, -0.2) is 4.79 Å². The first-order chi connectivity index (χ1) is 12.9. The van der Waals surface area contributed by atoms with Crippen LogP contribution in [0.15, 0.2) is 46.9 Å². The summed E-state index contributed by atoms with van der Waals surface area (Å²) in [5.41, 5.74) is 0.325. The van der Waals surface area contributed by atoms with Crippen LogP contribution in [-0.2, 0) is 4.74 Å². The van der Waals surface area contributed by atoms with Gasteiger partial charge >= 0.3 is 5.97 Å². The summed E-state index contributed by atoms with van der Waals surface area (Å²) >= 11 is 3.30. The second kappa shape index (κ2) is 9.82. The number of rotatable bonds is 9. The largest absolute Gasteiger partial charge is 0.493 e. The molecule has 0 aromatic heterocycles. The molecule has 2 aromatic carbocycles. The Kier molecular flexibility index (Phi) is 7.48. The average Bonchev–Trinajstić information content (AvgIpc) is 2.67. The lowest BCUT2D eigenvalue weighted by Crippen LogP contribution is -2.15. The van der Waals surface area contributed by atoms with E-state index >= 15 is 0 Å². The van der Waals surface area contributed by atoms with Crippen LogP contribution in [0.4, 0.5) is 5.69 Å². The molecule has 0 aliphatic rings. The van der Waals surface area contributed by atoms with E-state index in [4.69, 9.17) is 9.47 Å². The van der Waals surface area contributed by atoms with Gasteiger partial charge in [0.15, 0.2) is 12.4 Å². The van der Waals surface area contributed by atoms with Crippen molar-refractivity contribution in [1.82, 2.24) is 0 Å². The maximum Gasteiger partial charge on any atom is 0.342 e. The van der Waals surface area contributed by atoms with Gasteiger partial charge in [0, 0.05) is 22.2 Å². The van der Waals surface area contributed by atoms with E-state index in [9.17, 15) is 19.7 Å². The van der Waals surface area contributed by atoms with Crippen LogP contribution in [0.1, 0.15) is 40.5 Å². The van der Waals surface area contributed by atoms with Crippen molar-refractivity contribution in [3.05, 3.63) is 68.2 Å². The minimum absolute atomic E-state index is 0.119. The van der Waals surface area contributed by atoms with E-state index in [1.54, 1.807) is 18.2 Å². The molecule has 0 aliphatic carbocycles. The highest BCUT2D eigenvalue weighted by Gasteiger charge is 2.17. The van der Waals surface area contributed by atoms with Crippen molar-refractivity contribution >= 4 is 33.4 Å². The summed E-state index contributed by atoms with van der Waals surface area (Å²) < 4.78 is 11.4. The van der Waals surface area contributed by atoms with E-state index in [0.29, 0.717) is 16.8 Å². The summed E-state index contributed by atoms with van der Waals surface area (Å²) in [5.74, 6) is -0.751. The lowest BCUT2D eigenvalue weighted by Gasteiger charge is -2.11. The Balaban J connectivity index is 2.03. The van der Waals surface area contributed by atoms with Gasteiger partial charge in [0.1, 0.15) is 11.3 Å². The number of ketones is 1. The van der Waals surface area contributed by atoms with Gasteiger partial charge in [-0.1, -0.05) is 29.3 Å². The quantitative estimate of drug-likeness (QED) is 0.188. The van der Waals surface area contributed by atoms with Crippen molar-refractivity contribution in [1.29, 1.82) is 0 Å². The fourth-order valence-electron chi connectivity index (χ4n) is 2.18. The molecule has 0 bridgehead atoms. The van der Waals surface area contributed by atoms with Gasteiger partial charge < -0.3 is 9.47 Å². The number of halogens is 1. The lowest BCUT2D eigenvalue weighted by atomic mass is 10.1. The topological polar surface area (TPSA) is 95.7 Å². The Morgan fingerprint density at radius 2 is 1.85 bits per heavy atom. The van der Waals surface area contributed by atoms with E-state index in [-0.39, 0.29) is 16.8 Å². The van der Waals surface area contributed by atoms with Crippen LogP contribution in [0.3, 0.4) is 0 Å². The Morgan fingerprint density at radius 3 is 2.48 bits per heavy atom. The Morgan fingerprint density at radius 1 is 1.15 bits per heavy atom. The molecule has 0 radical (unpaired) electrons. The molecule has 0 spiro atoms. The second-order valence-electron chi connectivity index (χ2n) is 5.65. The van der Waals surface area contributed by atoms with Gasteiger partial charge in [0.25, 0.3) is 5.69 Å². The zero-order valence-corrected chi connectivity index (χ0v) is 16.2. The molecule has 7 nitrogen and oxygen atoms in total. The average molecular weight is 436 g/mol. The molecule has 0 fully saturated rings. The highest BCUT2D eigenvalue weighted by atomic mass is 79.9. The zero-order valence-electron chi connectivity index (χ0n) is 14.6. The lowest BCUT2D eigenvalue weighted by molar-refractivity contribution is -0.384. The first-order valence-electron chi connectivity index (χ1n) is 8.29. The van der Waals surface area contributed by atoms with E-state index in [0.717, 1.165) is 12.8 Å². The number of hydrogen-bond acceptors (Lipinski definition) is 6. The molecule has 2 rings (SSSR count). The second-order valence-corrected chi connectivity index (χ2v) is 6.56. The third kappa shape index (κ3) is 5.89. The number of nitro benzene ring substituents is 1. The highest BCUT2D eigenvalue weighted by molar-refractivity contribution is 9.10.